The number of carbonyl (C=O) groups excluding carboxylic acids is 1. The molecule has 2 heterocycles. The van der Waals surface area contributed by atoms with E-state index in [0.29, 0.717) is 16.6 Å². The molecule has 10 heteroatoms. The Hall–Kier alpha value is -3.14. The molecule has 2 N–H and O–H groups in total. The highest BCUT2D eigenvalue weighted by atomic mass is 32.2. The molecule has 0 saturated heterocycles. The molecule has 3 aromatic rings. The second-order valence-corrected chi connectivity index (χ2v) is 9.04. The van der Waals surface area contributed by atoms with Crippen LogP contribution in [0.25, 0.3) is 10.9 Å². The van der Waals surface area contributed by atoms with Crippen molar-refractivity contribution in [3.8, 4) is 5.75 Å². The molecule has 1 aliphatic rings. The topological polar surface area (TPSA) is 92.1 Å². The lowest BCUT2D eigenvalue weighted by Crippen LogP contribution is -2.27. The number of benzene rings is 2. The third-order valence-corrected chi connectivity index (χ3v) is 6.30. The van der Waals surface area contributed by atoms with Gasteiger partial charge in [-0.2, -0.15) is 0 Å². The molecule has 1 amide bonds. The average Bonchev–Trinajstić information content (AvgIpc) is 2.99. The number of H-pyrrole nitrogens is 1. The van der Waals surface area contributed by atoms with Gasteiger partial charge >= 0.3 is 0 Å². The molecule has 30 heavy (non-hydrogen) atoms. The summed E-state index contributed by atoms with van der Waals surface area (Å²) in [6.07, 6.45) is 2.67. The van der Waals surface area contributed by atoms with Crippen LogP contribution in [0.5, 0.6) is 5.75 Å². The number of nitrogens with zero attached hydrogens (tertiary/aromatic N) is 2. The number of fused-ring (bicyclic) bond motifs is 2. The van der Waals surface area contributed by atoms with Crippen LogP contribution in [-0.2, 0) is 23.1 Å². The number of aromatic hydroxyl groups is 1. The first kappa shape index (κ1) is 21.6. The number of phenols is 1. The van der Waals surface area contributed by atoms with E-state index >= 15 is 0 Å². The SMILES string of the molecule is CN(c1c2c(c(O)c3[nH+]cccc13)C(=O)N(Cc1ccc(F)cc1)C2)S(C)(=O)=O.[BH4-]. The Bertz CT molecular complexity index is 1250. The number of phenolic OH excluding ortho intramolecular Hbond substituents is 1. The molecule has 0 spiro atoms. The average molecular weight is 431 g/mol. The number of sulfonamides is 1. The second-order valence-electron chi connectivity index (χ2n) is 7.03. The molecular weight excluding hydrogens is 408 g/mol. The molecule has 7 nitrogen and oxygen atoms in total. The lowest BCUT2D eigenvalue weighted by atomic mass is 10.0. The van der Waals surface area contributed by atoms with Gasteiger partial charge in [0.15, 0.2) is 6.20 Å². The first-order valence-electron chi connectivity index (χ1n) is 8.84. The first-order valence-corrected chi connectivity index (χ1v) is 10.7. The molecule has 1 aromatic heterocycles. The minimum atomic E-state index is -3.61. The summed E-state index contributed by atoms with van der Waals surface area (Å²) in [4.78, 5) is 17.5. The van der Waals surface area contributed by atoms with E-state index in [1.54, 1.807) is 30.5 Å². The Morgan fingerprint density at radius 2 is 1.90 bits per heavy atom. The number of nitrogens with one attached hydrogen (secondary N) is 1. The summed E-state index contributed by atoms with van der Waals surface area (Å²) in [6, 6.07) is 9.18. The van der Waals surface area contributed by atoms with Gasteiger partial charge < -0.3 is 10.0 Å². The third-order valence-electron chi connectivity index (χ3n) is 5.12. The predicted molar refractivity (Wildman–Crippen MR) is 117 cm³/mol. The Labute approximate surface area is 175 Å². The molecule has 0 aliphatic carbocycles. The maximum atomic E-state index is 13.2. The van der Waals surface area contributed by atoms with Crippen LogP contribution >= 0.6 is 0 Å². The van der Waals surface area contributed by atoms with E-state index in [2.05, 4.69) is 4.98 Å². The van der Waals surface area contributed by atoms with E-state index in [0.717, 1.165) is 16.1 Å². The van der Waals surface area contributed by atoms with Gasteiger partial charge in [0, 0.05) is 31.8 Å². The van der Waals surface area contributed by atoms with Crippen molar-refractivity contribution >= 4 is 40.9 Å². The van der Waals surface area contributed by atoms with E-state index in [1.807, 2.05) is 0 Å². The molecule has 0 saturated carbocycles. The number of hydrogen-bond acceptors (Lipinski definition) is 4. The van der Waals surface area contributed by atoms with Crippen molar-refractivity contribution in [2.24, 2.45) is 0 Å². The standard InChI is InChI=1S/C20H18FN3O4S.BH4/c1-23(29(2,27)28)18-14-4-3-9-22-17(14)19(25)16-15(18)11-24(20(16)26)10-12-5-7-13(21)8-6-12;/h3-9,25H,10-11H2,1-2H3;1H4/q;-1/p+1. The van der Waals surface area contributed by atoms with Crippen LogP contribution in [0.2, 0.25) is 0 Å². The fourth-order valence-corrected chi connectivity index (χ4v) is 4.19. The van der Waals surface area contributed by atoms with E-state index < -0.39 is 15.9 Å². The molecule has 4 rings (SSSR count). The van der Waals surface area contributed by atoms with Gasteiger partial charge in [-0.3, -0.25) is 9.10 Å². The van der Waals surface area contributed by atoms with Crippen LogP contribution in [-0.4, -0.2) is 46.0 Å². The summed E-state index contributed by atoms with van der Waals surface area (Å²) in [6.45, 7) is 0.328. The van der Waals surface area contributed by atoms with Crippen molar-refractivity contribution in [3.63, 3.8) is 0 Å². The maximum Gasteiger partial charge on any atom is 0.258 e. The van der Waals surface area contributed by atoms with Crippen molar-refractivity contribution in [2.45, 2.75) is 13.1 Å². The number of rotatable bonds is 4. The summed E-state index contributed by atoms with van der Waals surface area (Å²) in [5, 5.41) is 11.3. The Kier molecular flexibility index (Phi) is 5.47. The highest BCUT2D eigenvalue weighted by Crippen LogP contribution is 2.43. The molecule has 2 aromatic carbocycles. The third kappa shape index (κ3) is 3.47. The number of amides is 1. The molecule has 1 aliphatic heterocycles. The van der Waals surface area contributed by atoms with Gasteiger partial charge in [0.2, 0.25) is 15.8 Å². The van der Waals surface area contributed by atoms with E-state index in [9.17, 15) is 22.7 Å². The minimum absolute atomic E-state index is 0. The van der Waals surface area contributed by atoms with Crippen molar-refractivity contribution in [1.29, 1.82) is 0 Å². The van der Waals surface area contributed by atoms with Gasteiger partial charge in [-0.1, -0.05) is 20.5 Å². The van der Waals surface area contributed by atoms with E-state index in [1.165, 1.54) is 24.1 Å². The number of aromatic amines is 1. The van der Waals surface area contributed by atoms with Crippen LogP contribution in [0.15, 0.2) is 42.6 Å². The predicted octanol–water partition coefficient (Wildman–Crippen LogP) is 0.599. The second kappa shape index (κ2) is 7.60. The number of aromatic nitrogens is 1. The molecule has 158 valence electrons. The largest absolute Gasteiger partial charge is 0.502 e. The smallest absolute Gasteiger partial charge is 0.258 e. The monoisotopic (exact) mass is 431 g/mol. The molecular formula is C20H23BFN3O4S. The number of anilines is 1. The van der Waals surface area contributed by atoms with Gasteiger partial charge in [0.25, 0.3) is 11.4 Å². The van der Waals surface area contributed by atoms with Crippen LogP contribution in [0.3, 0.4) is 0 Å². The van der Waals surface area contributed by atoms with E-state index in [4.69, 9.17) is 0 Å². The van der Waals surface area contributed by atoms with Crippen LogP contribution in [0.1, 0.15) is 21.5 Å². The zero-order chi connectivity index (χ0) is 20.9. The lowest BCUT2D eigenvalue weighted by Gasteiger charge is -2.21. The number of carbonyl (C=O) groups is 1. The highest BCUT2D eigenvalue weighted by Gasteiger charge is 2.38. The molecule has 0 fully saturated rings. The molecule has 0 unspecified atom stereocenters. The van der Waals surface area contributed by atoms with Crippen molar-refractivity contribution < 1.29 is 27.7 Å². The van der Waals surface area contributed by atoms with Gasteiger partial charge in [-0.25, -0.2) is 17.8 Å². The van der Waals surface area contributed by atoms with Crippen LogP contribution in [0.4, 0.5) is 10.1 Å². The Morgan fingerprint density at radius 1 is 1.23 bits per heavy atom. The number of halogens is 1. The van der Waals surface area contributed by atoms with Gasteiger partial charge in [0.05, 0.1) is 22.9 Å². The highest BCUT2D eigenvalue weighted by molar-refractivity contribution is 7.92. The van der Waals surface area contributed by atoms with Crippen molar-refractivity contribution in [1.82, 2.24) is 4.90 Å². The van der Waals surface area contributed by atoms with Gasteiger partial charge in [-0.15, -0.1) is 0 Å². The van der Waals surface area contributed by atoms with Crippen LogP contribution in [0, 0.1) is 5.82 Å². The Balaban J connectivity index is 0.00000256. The maximum absolute atomic E-state index is 13.2. The first-order chi connectivity index (χ1) is 13.7. The van der Waals surface area contributed by atoms with Crippen molar-refractivity contribution in [2.75, 3.05) is 17.6 Å². The normalized spacial score (nSPS) is 13.3. The van der Waals surface area contributed by atoms with E-state index in [-0.39, 0.29) is 44.1 Å². The summed E-state index contributed by atoms with van der Waals surface area (Å²) in [5.41, 5.74) is 1.87. The molecule has 0 atom stereocenters. The summed E-state index contributed by atoms with van der Waals surface area (Å²) >= 11 is 0. The minimum Gasteiger partial charge on any atom is -0.502 e. The molecule has 0 radical (unpaired) electrons. The summed E-state index contributed by atoms with van der Waals surface area (Å²) < 4.78 is 38.8. The zero-order valence-electron chi connectivity index (χ0n) is 15.8. The molecule has 0 bridgehead atoms. The van der Waals surface area contributed by atoms with Crippen molar-refractivity contribution in [3.05, 3.63) is 65.1 Å². The van der Waals surface area contributed by atoms with Crippen LogP contribution < -0.4 is 9.29 Å². The summed E-state index contributed by atoms with van der Waals surface area (Å²) in [7, 11) is -2.20. The fourth-order valence-electron chi connectivity index (χ4n) is 3.65. The summed E-state index contributed by atoms with van der Waals surface area (Å²) in [5.74, 6) is -1.00. The Morgan fingerprint density at radius 3 is 2.53 bits per heavy atom. The fraction of sp³-hybridized carbons (Fsp3) is 0.200. The number of pyridine rings is 1. The lowest BCUT2D eigenvalue weighted by molar-refractivity contribution is -0.345. The zero-order valence-corrected chi connectivity index (χ0v) is 16.6. The van der Waals surface area contributed by atoms with Gasteiger partial charge in [0.1, 0.15) is 5.82 Å². The van der Waals surface area contributed by atoms with Gasteiger partial charge in [-0.05, 0) is 23.8 Å². The quantitative estimate of drug-likeness (QED) is 0.613. The number of hydrogen-bond donors (Lipinski definition) is 1.